The number of hydrogen-bond acceptors (Lipinski definition) is 6. The fourth-order valence-electron chi connectivity index (χ4n) is 4.35. The number of aromatic nitrogens is 4. The summed E-state index contributed by atoms with van der Waals surface area (Å²) in [6.45, 7) is 11.6. The Labute approximate surface area is 195 Å². The van der Waals surface area contributed by atoms with Gasteiger partial charge < -0.3 is 14.5 Å². The van der Waals surface area contributed by atoms with Crippen LogP contribution in [0.25, 0.3) is 16.7 Å². The van der Waals surface area contributed by atoms with Gasteiger partial charge in [0.15, 0.2) is 11.5 Å². The van der Waals surface area contributed by atoms with E-state index in [9.17, 15) is 4.79 Å². The van der Waals surface area contributed by atoms with Gasteiger partial charge in [-0.3, -0.25) is 4.79 Å². The first kappa shape index (κ1) is 23.2. The molecule has 3 heterocycles. The number of rotatable bonds is 6. The van der Waals surface area contributed by atoms with Crippen LogP contribution in [0.5, 0.6) is 0 Å². The van der Waals surface area contributed by atoms with E-state index in [4.69, 9.17) is 19.8 Å². The van der Waals surface area contributed by atoms with Crippen molar-refractivity contribution in [2.24, 2.45) is 5.92 Å². The molecule has 0 saturated carbocycles. The number of carbonyl (C=O) groups excluding carboxylic acids is 1. The number of carbonyl (C=O) groups is 1. The van der Waals surface area contributed by atoms with Crippen LogP contribution in [-0.4, -0.2) is 63.8 Å². The van der Waals surface area contributed by atoms with E-state index in [0.29, 0.717) is 31.3 Å². The van der Waals surface area contributed by atoms with Crippen LogP contribution < -0.4 is 4.90 Å². The lowest BCUT2D eigenvalue weighted by Crippen LogP contribution is -2.36. The van der Waals surface area contributed by atoms with Crippen LogP contribution in [0, 0.1) is 19.8 Å². The van der Waals surface area contributed by atoms with Gasteiger partial charge in [0.2, 0.25) is 5.91 Å². The van der Waals surface area contributed by atoms with Gasteiger partial charge in [-0.1, -0.05) is 31.5 Å². The molecule has 8 heteroatoms. The quantitative estimate of drug-likeness (QED) is 0.570. The molecule has 33 heavy (non-hydrogen) atoms. The summed E-state index contributed by atoms with van der Waals surface area (Å²) in [5, 5.41) is 5.78. The Balaban J connectivity index is 1.72. The molecule has 0 bridgehead atoms. The zero-order valence-electron chi connectivity index (χ0n) is 20.3. The summed E-state index contributed by atoms with van der Waals surface area (Å²) in [6.07, 6.45) is 1.50. The van der Waals surface area contributed by atoms with E-state index in [1.165, 1.54) is 5.56 Å². The standard InChI is InChI=1S/C25H34N6O2/c1-17(2)15-22(32)29-11-6-12-30(14-13-29)24-23-19(4)28-31(20-9-7-18(3)8-10-20)25(23)27-21(26-24)16-33-5/h7-10,17H,6,11-16H2,1-5H3. The van der Waals surface area contributed by atoms with Crippen molar-refractivity contribution < 1.29 is 9.53 Å². The zero-order valence-corrected chi connectivity index (χ0v) is 20.3. The molecule has 0 aliphatic carbocycles. The van der Waals surface area contributed by atoms with E-state index in [1.807, 2.05) is 16.5 Å². The number of fused-ring (bicyclic) bond motifs is 1. The van der Waals surface area contributed by atoms with Gasteiger partial charge >= 0.3 is 0 Å². The Morgan fingerprint density at radius 2 is 1.82 bits per heavy atom. The molecule has 176 valence electrons. The number of methoxy groups -OCH3 is 1. The molecule has 1 aliphatic rings. The fraction of sp³-hybridized carbons (Fsp3) is 0.520. The van der Waals surface area contributed by atoms with Gasteiger partial charge in [-0.25, -0.2) is 14.6 Å². The third kappa shape index (κ3) is 5.00. The number of amides is 1. The van der Waals surface area contributed by atoms with Crippen molar-refractivity contribution in [3.8, 4) is 5.69 Å². The highest BCUT2D eigenvalue weighted by molar-refractivity contribution is 5.91. The molecular weight excluding hydrogens is 416 g/mol. The molecule has 8 nitrogen and oxygen atoms in total. The molecule has 0 unspecified atom stereocenters. The highest BCUT2D eigenvalue weighted by Crippen LogP contribution is 2.30. The summed E-state index contributed by atoms with van der Waals surface area (Å²) < 4.78 is 7.26. The molecule has 1 saturated heterocycles. The highest BCUT2D eigenvalue weighted by Gasteiger charge is 2.25. The van der Waals surface area contributed by atoms with Crippen molar-refractivity contribution in [3.05, 3.63) is 41.3 Å². The predicted octanol–water partition coefficient (Wildman–Crippen LogP) is 3.66. The lowest BCUT2D eigenvalue weighted by atomic mass is 10.1. The monoisotopic (exact) mass is 450 g/mol. The molecule has 2 aromatic heterocycles. The number of hydrogen-bond donors (Lipinski definition) is 0. The van der Waals surface area contributed by atoms with E-state index in [1.54, 1.807) is 7.11 Å². The van der Waals surface area contributed by atoms with Gasteiger partial charge in [-0.05, 0) is 38.3 Å². The minimum absolute atomic E-state index is 0.239. The smallest absolute Gasteiger partial charge is 0.222 e. The van der Waals surface area contributed by atoms with Gasteiger partial charge in [-0.15, -0.1) is 0 Å². The Bertz CT molecular complexity index is 1120. The van der Waals surface area contributed by atoms with Crippen LogP contribution in [0.15, 0.2) is 24.3 Å². The first-order valence-electron chi connectivity index (χ1n) is 11.7. The summed E-state index contributed by atoms with van der Waals surface area (Å²) in [7, 11) is 1.65. The van der Waals surface area contributed by atoms with E-state index < -0.39 is 0 Å². The molecule has 3 aromatic rings. The number of ether oxygens (including phenoxy) is 1. The third-order valence-electron chi connectivity index (χ3n) is 6.01. The Morgan fingerprint density at radius 3 is 2.52 bits per heavy atom. The van der Waals surface area contributed by atoms with Gasteiger partial charge in [0.05, 0.1) is 16.8 Å². The van der Waals surface area contributed by atoms with Crippen molar-refractivity contribution in [1.82, 2.24) is 24.6 Å². The highest BCUT2D eigenvalue weighted by atomic mass is 16.5. The zero-order chi connectivity index (χ0) is 23.5. The van der Waals surface area contributed by atoms with Crippen molar-refractivity contribution in [3.63, 3.8) is 0 Å². The van der Waals surface area contributed by atoms with Crippen LogP contribution in [0.4, 0.5) is 5.82 Å². The number of aryl methyl sites for hydroxylation is 2. The lowest BCUT2D eigenvalue weighted by Gasteiger charge is -2.24. The first-order valence-corrected chi connectivity index (χ1v) is 11.7. The third-order valence-corrected chi connectivity index (χ3v) is 6.01. The van der Waals surface area contributed by atoms with Crippen LogP contribution in [0.2, 0.25) is 0 Å². The Hall–Kier alpha value is -3.00. The Morgan fingerprint density at radius 1 is 1.06 bits per heavy atom. The molecule has 1 aromatic carbocycles. The topological polar surface area (TPSA) is 76.4 Å². The van der Waals surface area contributed by atoms with Gasteiger partial charge in [0.25, 0.3) is 0 Å². The molecule has 1 amide bonds. The second-order valence-corrected chi connectivity index (χ2v) is 9.25. The van der Waals surface area contributed by atoms with Crippen LogP contribution >= 0.6 is 0 Å². The number of nitrogens with zero attached hydrogens (tertiary/aromatic N) is 6. The minimum Gasteiger partial charge on any atom is -0.377 e. The SMILES string of the molecule is COCc1nc(N2CCCN(C(=O)CC(C)C)CC2)c2c(C)nn(-c3ccc(C)cc3)c2n1. The van der Waals surface area contributed by atoms with Crippen LogP contribution in [-0.2, 0) is 16.1 Å². The normalized spacial score (nSPS) is 14.8. The number of anilines is 1. The maximum Gasteiger partial charge on any atom is 0.222 e. The van der Waals surface area contributed by atoms with Crippen LogP contribution in [0.1, 0.15) is 43.8 Å². The van der Waals surface area contributed by atoms with E-state index in [-0.39, 0.29) is 5.91 Å². The van der Waals surface area contributed by atoms with Crippen molar-refractivity contribution >= 4 is 22.8 Å². The van der Waals surface area contributed by atoms with Gasteiger partial charge in [0, 0.05) is 39.7 Å². The molecule has 0 spiro atoms. The maximum atomic E-state index is 12.6. The van der Waals surface area contributed by atoms with E-state index in [2.05, 4.69) is 49.9 Å². The average Bonchev–Trinajstić information content (AvgIpc) is 2.95. The number of benzene rings is 1. The molecule has 0 radical (unpaired) electrons. The summed E-state index contributed by atoms with van der Waals surface area (Å²) in [5.41, 5.74) is 3.84. The van der Waals surface area contributed by atoms with Crippen molar-refractivity contribution in [2.45, 2.75) is 47.1 Å². The summed E-state index contributed by atoms with van der Waals surface area (Å²) in [5.74, 6) is 2.11. The fourth-order valence-corrected chi connectivity index (χ4v) is 4.35. The summed E-state index contributed by atoms with van der Waals surface area (Å²) in [4.78, 5) is 26.6. The van der Waals surface area contributed by atoms with Crippen molar-refractivity contribution in [1.29, 1.82) is 0 Å². The molecule has 0 atom stereocenters. The van der Waals surface area contributed by atoms with Gasteiger partial charge in [-0.2, -0.15) is 5.10 Å². The summed E-state index contributed by atoms with van der Waals surface area (Å²) >= 11 is 0. The molecule has 1 fully saturated rings. The van der Waals surface area contributed by atoms with Crippen molar-refractivity contribution in [2.75, 3.05) is 38.2 Å². The predicted molar refractivity (Wildman–Crippen MR) is 130 cm³/mol. The maximum absolute atomic E-state index is 12.6. The molecule has 0 N–H and O–H groups in total. The van der Waals surface area contributed by atoms with Gasteiger partial charge in [0.1, 0.15) is 12.4 Å². The minimum atomic E-state index is 0.239. The largest absolute Gasteiger partial charge is 0.377 e. The average molecular weight is 451 g/mol. The molecule has 1 aliphatic heterocycles. The molecule has 4 rings (SSSR count). The van der Waals surface area contributed by atoms with E-state index in [0.717, 1.165) is 54.3 Å². The second-order valence-electron chi connectivity index (χ2n) is 9.25. The molecular formula is C25H34N6O2. The Kier molecular flexibility index (Phi) is 6.93. The van der Waals surface area contributed by atoms with Crippen LogP contribution in [0.3, 0.4) is 0 Å². The van der Waals surface area contributed by atoms with E-state index >= 15 is 0 Å². The summed E-state index contributed by atoms with van der Waals surface area (Å²) in [6, 6.07) is 8.27. The second kappa shape index (κ2) is 9.87. The lowest BCUT2D eigenvalue weighted by molar-refractivity contribution is -0.131. The first-order chi connectivity index (χ1) is 15.9.